The summed E-state index contributed by atoms with van der Waals surface area (Å²) < 4.78 is 43.3. The standard InChI is InChI=1S/C13H16ClF3N4/c1-4-8-9-11(20(3)19-8)21(10(18-9)7(2)14)12(5-6-12)13(15,16)17/h7H,4-6H2,1-3H3. The first-order chi connectivity index (χ1) is 9.73. The fraction of sp³-hybridized carbons (Fsp3) is 0.692. The van der Waals surface area contributed by atoms with Gasteiger partial charge in [-0.15, -0.1) is 11.6 Å². The minimum absolute atomic E-state index is 0.0607. The molecule has 3 rings (SSSR count). The van der Waals surface area contributed by atoms with E-state index < -0.39 is 17.1 Å². The molecule has 4 nitrogen and oxygen atoms in total. The third kappa shape index (κ3) is 1.89. The first-order valence-electron chi connectivity index (χ1n) is 6.88. The molecular formula is C13H16ClF3N4. The molecule has 2 aromatic heterocycles. The zero-order valence-electron chi connectivity index (χ0n) is 12.0. The molecule has 1 aliphatic rings. The molecule has 8 heteroatoms. The van der Waals surface area contributed by atoms with E-state index in [1.54, 1.807) is 14.0 Å². The average Bonchev–Trinajstić information content (AvgIpc) is 3.00. The molecule has 2 heterocycles. The molecule has 1 saturated carbocycles. The van der Waals surface area contributed by atoms with Gasteiger partial charge in [-0.1, -0.05) is 6.92 Å². The monoisotopic (exact) mass is 320 g/mol. The van der Waals surface area contributed by atoms with Crippen LogP contribution in [-0.4, -0.2) is 25.5 Å². The van der Waals surface area contributed by atoms with Crippen molar-refractivity contribution in [3.05, 3.63) is 11.5 Å². The zero-order chi connectivity index (χ0) is 15.6. The largest absolute Gasteiger partial charge is 0.412 e. The lowest BCUT2D eigenvalue weighted by molar-refractivity contribution is -0.179. The van der Waals surface area contributed by atoms with E-state index in [0.717, 1.165) is 0 Å². The van der Waals surface area contributed by atoms with Crippen molar-refractivity contribution in [3.8, 4) is 0 Å². The van der Waals surface area contributed by atoms with Crippen molar-refractivity contribution in [2.24, 2.45) is 7.05 Å². The second kappa shape index (κ2) is 4.38. The van der Waals surface area contributed by atoms with Crippen molar-refractivity contribution in [1.82, 2.24) is 19.3 Å². The van der Waals surface area contributed by atoms with E-state index >= 15 is 0 Å². The molecule has 1 fully saturated rings. The number of fused-ring (bicyclic) bond motifs is 1. The molecule has 21 heavy (non-hydrogen) atoms. The van der Waals surface area contributed by atoms with Gasteiger partial charge in [-0.25, -0.2) is 4.98 Å². The van der Waals surface area contributed by atoms with E-state index in [1.807, 2.05) is 6.92 Å². The topological polar surface area (TPSA) is 35.6 Å². The Labute approximate surface area is 124 Å². The predicted octanol–water partition coefficient (Wildman–Crippen LogP) is 3.68. The van der Waals surface area contributed by atoms with E-state index in [-0.39, 0.29) is 18.7 Å². The number of alkyl halides is 4. The molecule has 0 N–H and O–H groups in total. The minimum Gasteiger partial charge on any atom is -0.296 e. The lowest BCUT2D eigenvalue weighted by atomic mass is 10.2. The highest BCUT2D eigenvalue weighted by Crippen LogP contribution is 2.57. The molecule has 116 valence electrons. The van der Waals surface area contributed by atoms with Crippen LogP contribution in [0.3, 0.4) is 0 Å². The van der Waals surface area contributed by atoms with Crippen molar-refractivity contribution in [2.75, 3.05) is 0 Å². The van der Waals surface area contributed by atoms with Crippen molar-refractivity contribution >= 4 is 22.8 Å². The molecule has 0 aromatic carbocycles. The van der Waals surface area contributed by atoms with Crippen LogP contribution >= 0.6 is 11.6 Å². The molecule has 1 unspecified atom stereocenters. The van der Waals surface area contributed by atoms with Gasteiger partial charge in [0.15, 0.2) is 5.65 Å². The summed E-state index contributed by atoms with van der Waals surface area (Å²) >= 11 is 6.09. The number of nitrogens with zero attached hydrogens (tertiary/aromatic N) is 4. The van der Waals surface area contributed by atoms with Gasteiger partial charge in [0.25, 0.3) is 0 Å². The fourth-order valence-electron chi connectivity index (χ4n) is 2.88. The van der Waals surface area contributed by atoms with E-state index in [0.29, 0.717) is 23.3 Å². The Hall–Kier alpha value is -1.24. The van der Waals surface area contributed by atoms with Crippen LogP contribution in [0, 0.1) is 0 Å². The molecule has 1 aliphatic carbocycles. The van der Waals surface area contributed by atoms with Crippen LogP contribution in [0.2, 0.25) is 0 Å². The summed E-state index contributed by atoms with van der Waals surface area (Å²) in [6.07, 6.45) is -3.59. The van der Waals surface area contributed by atoms with Crippen LogP contribution in [0.25, 0.3) is 11.2 Å². The Morgan fingerprint density at radius 2 is 2.00 bits per heavy atom. The van der Waals surface area contributed by atoms with Crippen molar-refractivity contribution in [3.63, 3.8) is 0 Å². The van der Waals surface area contributed by atoms with Crippen molar-refractivity contribution < 1.29 is 13.2 Å². The highest BCUT2D eigenvalue weighted by molar-refractivity contribution is 6.20. The summed E-state index contributed by atoms with van der Waals surface area (Å²) in [6, 6.07) is 0. The maximum atomic E-state index is 13.5. The highest BCUT2D eigenvalue weighted by Gasteiger charge is 2.66. The van der Waals surface area contributed by atoms with Gasteiger partial charge < -0.3 is 0 Å². The number of imidazole rings is 1. The maximum absolute atomic E-state index is 13.5. The smallest absolute Gasteiger partial charge is 0.296 e. The van der Waals surface area contributed by atoms with Crippen LogP contribution in [-0.2, 0) is 19.0 Å². The SMILES string of the molecule is CCc1nn(C)c2c1nc(C(C)Cl)n2C1(C(F)(F)F)CC1. The van der Waals surface area contributed by atoms with Gasteiger partial charge in [0, 0.05) is 7.05 Å². The Bertz CT molecular complexity index is 694. The van der Waals surface area contributed by atoms with Crippen LogP contribution in [0.4, 0.5) is 13.2 Å². The minimum atomic E-state index is -4.32. The highest BCUT2D eigenvalue weighted by atomic mass is 35.5. The van der Waals surface area contributed by atoms with E-state index in [2.05, 4.69) is 10.1 Å². The predicted molar refractivity (Wildman–Crippen MR) is 73.4 cm³/mol. The van der Waals surface area contributed by atoms with Gasteiger partial charge in [-0.3, -0.25) is 9.25 Å². The quantitative estimate of drug-likeness (QED) is 0.809. The lowest BCUT2D eigenvalue weighted by Gasteiger charge is -2.24. The molecule has 0 spiro atoms. The van der Waals surface area contributed by atoms with Crippen LogP contribution in [0.5, 0.6) is 0 Å². The van der Waals surface area contributed by atoms with Crippen molar-refractivity contribution in [1.29, 1.82) is 0 Å². The molecule has 0 amide bonds. The Kier molecular flexibility index (Phi) is 3.06. The van der Waals surface area contributed by atoms with Crippen molar-refractivity contribution in [2.45, 2.75) is 50.2 Å². The maximum Gasteiger partial charge on any atom is 0.412 e. The summed E-state index contributed by atoms with van der Waals surface area (Å²) in [5.74, 6) is 0.268. The summed E-state index contributed by atoms with van der Waals surface area (Å²) in [5, 5.41) is 3.68. The number of hydrogen-bond acceptors (Lipinski definition) is 2. The van der Waals surface area contributed by atoms with Gasteiger partial charge >= 0.3 is 6.18 Å². The van der Waals surface area contributed by atoms with Crippen LogP contribution in [0.1, 0.15) is 43.6 Å². The number of hydrogen-bond donors (Lipinski definition) is 0. The van der Waals surface area contributed by atoms with E-state index in [9.17, 15) is 13.2 Å². The van der Waals surface area contributed by atoms with Crippen LogP contribution in [0.15, 0.2) is 0 Å². The molecule has 0 bridgehead atoms. The molecule has 0 saturated heterocycles. The fourth-order valence-corrected chi connectivity index (χ4v) is 3.02. The van der Waals surface area contributed by atoms with Gasteiger partial charge in [0.2, 0.25) is 0 Å². The molecule has 2 aromatic rings. The third-order valence-corrected chi connectivity index (χ3v) is 4.29. The number of aromatic nitrogens is 4. The second-order valence-corrected chi connectivity index (χ2v) is 6.20. The van der Waals surface area contributed by atoms with Crippen LogP contribution < -0.4 is 0 Å². The first-order valence-corrected chi connectivity index (χ1v) is 7.32. The number of aryl methyl sites for hydroxylation is 2. The molecule has 0 aliphatic heterocycles. The summed E-state index contributed by atoms with van der Waals surface area (Å²) in [6.45, 7) is 3.55. The Morgan fingerprint density at radius 3 is 2.43 bits per heavy atom. The third-order valence-electron chi connectivity index (χ3n) is 4.10. The number of rotatable bonds is 3. The molecule has 0 radical (unpaired) electrons. The van der Waals surface area contributed by atoms with Gasteiger partial charge in [-0.2, -0.15) is 18.3 Å². The Morgan fingerprint density at radius 1 is 1.38 bits per heavy atom. The second-order valence-electron chi connectivity index (χ2n) is 5.55. The molecule has 1 atom stereocenters. The summed E-state index contributed by atoms with van der Waals surface area (Å²) in [7, 11) is 1.65. The lowest BCUT2D eigenvalue weighted by Crippen LogP contribution is -2.36. The number of halogens is 4. The first kappa shape index (κ1) is 14.7. The average molecular weight is 321 g/mol. The summed E-state index contributed by atoms with van der Waals surface area (Å²) in [4.78, 5) is 4.37. The van der Waals surface area contributed by atoms with E-state index in [1.165, 1.54) is 9.25 Å². The normalized spacial score (nSPS) is 19.2. The van der Waals surface area contributed by atoms with Gasteiger partial charge in [0.1, 0.15) is 16.9 Å². The van der Waals surface area contributed by atoms with E-state index in [4.69, 9.17) is 11.6 Å². The van der Waals surface area contributed by atoms with Gasteiger partial charge in [0.05, 0.1) is 11.1 Å². The summed E-state index contributed by atoms with van der Waals surface area (Å²) in [5.41, 5.74) is -0.246. The Balaban J connectivity index is 2.35. The molecular weight excluding hydrogens is 305 g/mol. The van der Waals surface area contributed by atoms with Gasteiger partial charge in [-0.05, 0) is 26.2 Å². The zero-order valence-corrected chi connectivity index (χ0v) is 12.8.